The van der Waals surface area contributed by atoms with Crippen LogP contribution in [0.3, 0.4) is 0 Å². The van der Waals surface area contributed by atoms with Gasteiger partial charge in [0.2, 0.25) is 11.8 Å². The van der Waals surface area contributed by atoms with Crippen molar-refractivity contribution in [2.75, 3.05) is 18.9 Å². The minimum absolute atomic E-state index is 0.118. The summed E-state index contributed by atoms with van der Waals surface area (Å²) < 4.78 is 0. The van der Waals surface area contributed by atoms with Crippen molar-refractivity contribution in [1.29, 1.82) is 0 Å². The molecule has 0 saturated carbocycles. The van der Waals surface area contributed by atoms with E-state index in [9.17, 15) is 14.4 Å². The van der Waals surface area contributed by atoms with Crippen LogP contribution in [-0.2, 0) is 9.59 Å². The van der Waals surface area contributed by atoms with E-state index >= 15 is 0 Å². The summed E-state index contributed by atoms with van der Waals surface area (Å²) in [6, 6.07) is 9.58. The van der Waals surface area contributed by atoms with Crippen molar-refractivity contribution in [3.8, 4) is 0 Å². The number of hydrogen-bond acceptors (Lipinski definition) is 3. The molecule has 0 radical (unpaired) electrons. The summed E-state index contributed by atoms with van der Waals surface area (Å²) in [5.41, 5.74) is 4.21. The molecular formula is C22H26ClN3O3. The number of likely N-dealkylation sites (N-methyl/N-ethyl adjacent to an activating group) is 1. The van der Waals surface area contributed by atoms with Crippen LogP contribution in [0.2, 0.25) is 5.02 Å². The van der Waals surface area contributed by atoms with E-state index in [1.54, 1.807) is 31.2 Å². The van der Waals surface area contributed by atoms with Crippen LogP contribution >= 0.6 is 11.6 Å². The second-order valence-electron chi connectivity index (χ2n) is 7.22. The monoisotopic (exact) mass is 415 g/mol. The normalized spacial score (nSPS) is 11.5. The predicted octanol–water partition coefficient (Wildman–Crippen LogP) is 3.48. The van der Waals surface area contributed by atoms with Gasteiger partial charge >= 0.3 is 0 Å². The Balaban J connectivity index is 1.94. The second kappa shape index (κ2) is 9.56. The molecule has 7 heteroatoms. The van der Waals surface area contributed by atoms with Crippen molar-refractivity contribution in [2.45, 2.75) is 33.7 Å². The number of nitrogens with one attached hydrogen (secondary N) is 2. The predicted molar refractivity (Wildman–Crippen MR) is 115 cm³/mol. The third-order valence-electron chi connectivity index (χ3n) is 4.52. The van der Waals surface area contributed by atoms with Gasteiger partial charge in [0, 0.05) is 23.3 Å². The van der Waals surface area contributed by atoms with Gasteiger partial charge in [0.25, 0.3) is 5.91 Å². The molecule has 0 spiro atoms. The van der Waals surface area contributed by atoms with E-state index in [0.717, 1.165) is 22.4 Å². The van der Waals surface area contributed by atoms with Crippen LogP contribution in [0.4, 0.5) is 5.69 Å². The Morgan fingerprint density at radius 2 is 1.59 bits per heavy atom. The first-order valence-electron chi connectivity index (χ1n) is 9.27. The molecule has 0 fully saturated rings. The highest BCUT2D eigenvalue weighted by atomic mass is 35.5. The van der Waals surface area contributed by atoms with Gasteiger partial charge in [0.1, 0.15) is 6.04 Å². The van der Waals surface area contributed by atoms with Gasteiger partial charge in [-0.2, -0.15) is 0 Å². The Hall–Kier alpha value is -2.86. The number of hydrogen-bond donors (Lipinski definition) is 2. The summed E-state index contributed by atoms with van der Waals surface area (Å²) in [6.07, 6.45) is 0. The minimum atomic E-state index is -0.779. The molecule has 2 aromatic rings. The maximum Gasteiger partial charge on any atom is 0.251 e. The number of amides is 3. The zero-order valence-corrected chi connectivity index (χ0v) is 18.1. The molecule has 6 nitrogen and oxygen atoms in total. The molecule has 0 heterocycles. The van der Waals surface area contributed by atoms with E-state index in [2.05, 4.69) is 10.6 Å². The highest BCUT2D eigenvalue weighted by molar-refractivity contribution is 6.30. The molecule has 154 valence electrons. The number of benzene rings is 2. The number of nitrogens with zero attached hydrogens (tertiary/aromatic N) is 1. The van der Waals surface area contributed by atoms with Gasteiger partial charge < -0.3 is 15.5 Å². The lowest BCUT2D eigenvalue weighted by molar-refractivity contribution is -0.134. The minimum Gasteiger partial charge on any atom is -0.341 e. The van der Waals surface area contributed by atoms with E-state index in [0.29, 0.717) is 10.6 Å². The number of aryl methyl sites for hydroxylation is 3. The fourth-order valence-corrected chi connectivity index (χ4v) is 3.25. The lowest BCUT2D eigenvalue weighted by atomic mass is 10.1. The van der Waals surface area contributed by atoms with E-state index in [1.165, 1.54) is 11.9 Å². The fraction of sp³-hybridized carbons (Fsp3) is 0.318. The van der Waals surface area contributed by atoms with Crippen molar-refractivity contribution < 1.29 is 14.4 Å². The van der Waals surface area contributed by atoms with Crippen LogP contribution in [0, 0.1) is 20.8 Å². The number of rotatable bonds is 6. The lowest BCUT2D eigenvalue weighted by Crippen LogP contribution is -2.47. The van der Waals surface area contributed by atoms with Crippen molar-refractivity contribution in [3.63, 3.8) is 0 Å². The quantitative estimate of drug-likeness (QED) is 0.758. The van der Waals surface area contributed by atoms with Gasteiger partial charge in [0.15, 0.2) is 0 Å². The van der Waals surface area contributed by atoms with Gasteiger partial charge in [-0.1, -0.05) is 29.3 Å². The van der Waals surface area contributed by atoms with Crippen LogP contribution < -0.4 is 10.6 Å². The summed E-state index contributed by atoms with van der Waals surface area (Å²) in [5.74, 6) is -1.04. The summed E-state index contributed by atoms with van der Waals surface area (Å²) in [6.45, 7) is 7.32. The third kappa shape index (κ3) is 6.06. The molecule has 0 aliphatic carbocycles. The van der Waals surface area contributed by atoms with Gasteiger partial charge in [0.05, 0.1) is 6.54 Å². The molecule has 0 bridgehead atoms. The van der Waals surface area contributed by atoms with Crippen molar-refractivity contribution in [1.82, 2.24) is 10.2 Å². The highest BCUT2D eigenvalue weighted by Gasteiger charge is 2.22. The molecule has 1 unspecified atom stereocenters. The van der Waals surface area contributed by atoms with Gasteiger partial charge in [-0.15, -0.1) is 0 Å². The van der Waals surface area contributed by atoms with Crippen LogP contribution in [0.15, 0.2) is 36.4 Å². The Kier molecular flexibility index (Phi) is 7.40. The zero-order chi connectivity index (χ0) is 21.7. The van der Waals surface area contributed by atoms with Crippen molar-refractivity contribution in [3.05, 3.63) is 63.7 Å². The van der Waals surface area contributed by atoms with Crippen molar-refractivity contribution in [2.24, 2.45) is 0 Å². The van der Waals surface area contributed by atoms with Crippen LogP contribution in [0.1, 0.15) is 34.0 Å². The third-order valence-corrected chi connectivity index (χ3v) is 4.77. The summed E-state index contributed by atoms with van der Waals surface area (Å²) >= 11 is 5.82. The average molecular weight is 416 g/mol. The molecule has 0 aliphatic rings. The van der Waals surface area contributed by atoms with Crippen molar-refractivity contribution >= 4 is 35.0 Å². The summed E-state index contributed by atoms with van der Waals surface area (Å²) in [4.78, 5) is 38.5. The SMILES string of the molecule is Cc1cc(C)c(NC(=O)CN(C)C(=O)C(C)NC(=O)c2ccc(Cl)cc2)c(C)c1. The van der Waals surface area contributed by atoms with E-state index in [-0.39, 0.29) is 24.3 Å². The van der Waals surface area contributed by atoms with Gasteiger partial charge in [-0.25, -0.2) is 0 Å². The van der Waals surface area contributed by atoms with Crippen LogP contribution in [0.5, 0.6) is 0 Å². The topological polar surface area (TPSA) is 78.5 Å². The molecule has 0 aromatic heterocycles. The molecule has 2 N–H and O–H groups in total. The number of carbonyl (C=O) groups is 3. The average Bonchev–Trinajstić information content (AvgIpc) is 2.64. The molecule has 1 atom stereocenters. The molecule has 2 aromatic carbocycles. The molecule has 3 amide bonds. The first-order valence-corrected chi connectivity index (χ1v) is 9.65. The maximum atomic E-state index is 12.5. The molecule has 2 rings (SSSR count). The van der Waals surface area contributed by atoms with Crippen LogP contribution in [0.25, 0.3) is 0 Å². The largest absolute Gasteiger partial charge is 0.341 e. The van der Waals surface area contributed by atoms with E-state index < -0.39 is 6.04 Å². The molecule has 0 saturated heterocycles. The van der Waals surface area contributed by atoms with E-state index in [4.69, 9.17) is 11.6 Å². The summed E-state index contributed by atoms with van der Waals surface area (Å²) in [5, 5.41) is 6.03. The first-order chi connectivity index (χ1) is 13.6. The Morgan fingerprint density at radius 3 is 2.14 bits per heavy atom. The number of carbonyl (C=O) groups excluding carboxylic acids is 3. The standard InChI is InChI=1S/C22H26ClN3O3/c1-13-10-14(2)20(15(3)11-13)25-19(27)12-26(5)22(29)16(4)24-21(28)17-6-8-18(23)9-7-17/h6-11,16H,12H2,1-5H3,(H,24,28)(H,25,27). The second-order valence-corrected chi connectivity index (χ2v) is 7.65. The number of anilines is 1. The Morgan fingerprint density at radius 1 is 1.03 bits per heavy atom. The molecular weight excluding hydrogens is 390 g/mol. The van der Waals surface area contributed by atoms with Crippen LogP contribution in [-0.4, -0.2) is 42.3 Å². The smallest absolute Gasteiger partial charge is 0.251 e. The molecule has 0 aliphatic heterocycles. The molecule has 29 heavy (non-hydrogen) atoms. The lowest BCUT2D eigenvalue weighted by Gasteiger charge is -2.22. The zero-order valence-electron chi connectivity index (χ0n) is 17.3. The van der Waals surface area contributed by atoms with E-state index in [1.807, 2.05) is 32.9 Å². The van der Waals surface area contributed by atoms with Gasteiger partial charge in [-0.05, 0) is 63.1 Å². The first kappa shape index (κ1) is 22.4. The highest BCUT2D eigenvalue weighted by Crippen LogP contribution is 2.21. The van der Waals surface area contributed by atoms with Gasteiger partial charge in [-0.3, -0.25) is 14.4 Å². The fourth-order valence-electron chi connectivity index (χ4n) is 3.12. The Labute approximate surface area is 176 Å². The number of halogens is 1. The Bertz CT molecular complexity index is 902. The summed E-state index contributed by atoms with van der Waals surface area (Å²) in [7, 11) is 1.53. The maximum absolute atomic E-state index is 12.5.